The van der Waals surface area contributed by atoms with E-state index in [9.17, 15) is 13.6 Å². The van der Waals surface area contributed by atoms with Crippen LogP contribution < -0.4 is 5.32 Å². The number of carbonyl (C=O) groups is 1. The van der Waals surface area contributed by atoms with E-state index in [4.69, 9.17) is 28.3 Å². The molecule has 1 heterocycles. The van der Waals surface area contributed by atoms with E-state index < -0.39 is 37.6 Å². The number of carbonyl (C=O) groups excluding carboxylic acids is 1. The molecule has 1 aliphatic heterocycles. The Bertz CT molecular complexity index is 543. The molecule has 1 unspecified atom stereocenters. The molecule has 0 aromatic heterocycles. The summed E-state index contributed by atoms with van der Waals surface area (Å²) in [6.07, 6.45) is -0.524. The van der Waals surface area contributed by atoms with E-state index in [0.717, 1.165) is 4.90 Å². The number of likely N-dealkylation sites (tertiary alicyclic amines) is 1. The molecule has 0 radical (unpaired) electrons. The van der Waals surface area contributed by atoms with Crippen molar-refractivity contribution in [1.82, 2.24) is 10.2 Å². The Kier molecular flexibility index (Phi) is 4.91. The molecule has 1 saturated heterocycles. The third kappa shape index (κ3) is 3.96. The minimum atomic E-state index is -2.96. The average molecular weight is 339 g/mol. The highest BCUT2D eigenvalue weighted by Crippen LogP contribution is 2.31. The topological polar surface area (TPSA) is 52.6 Å². The number of halogens is 4. The van der Waals surface area contributed by atoms with E-state index >= 15 is 0 Å². The highest BCUT2D eigenvalue weighted by molar-refractivity contribution is 6.42. The SMILES string of the molecule is O=C(NCc1ccc(Cl)c(Cl)c1)N1CC(F)(F)CC1CO. The predicted molar refractivity (Wildman–Crippen MR) is 75.8 cm³/mol. The van der Waals surface area contributed by atoms with Crippen LogP contribution in [-0.2, 0) is 6.54 Å². The summed E-state index contributed by atoms with van der Waals surface area (Å²) in [5.74, 6) is -2.96. The molecule has 1 fully saturated rings. The first-order valence-electron chi connectivity index (χ1n) is 6.29. The van der Waals surface area contributed by atoms with E-state index in [0.29, 0.717) is 15.6 Å². The lowest BCUT2D eigenvalue weighted by molar-refractivity contribution is 0.0141. The summed E-state index contributed by atoms with van der Waals surface area (Å²) in [4.78, 5) is 12.9. The van der Waals surface area contributed by atoms with Gasteiger partial charge in [0.2, 0.25) is 0 Å². The maximum Gasteiger partial charge on any atom is 0.318 e. The second-order valence-corrected chi connectivity index (χ2v) is 5.75. The number of aliphatic hydroxyl groups excluding tert-OH is 1. The Labute approximate surface area is 130 Å². The fraction of sp³-hybridized carbons (Fsp3) is 0.462. The van der Waals surface area contributed by atoms with Gasteiger partial charge >= 0.3 is 6.03 Å². The van der Waals surface area contributed by atoms with Crippen LogP contribution in [0.15, 0.2) is 18.2 Å². The zero-order valence-corrected chi connectivity index (χ0v) is 12.5. The number of nitrogens with one attached hydrogen (secondary N) is 1. The highest BCUT2D eigenvalue weighted by atomic mass is 35.5. The maximum absolute atomic E-state index is 13.3. The lowest BCUT2D eigenvalue weighted by atomic mass is 10.2. The fourth-order valence-corrected chi connectivity index (χ4v) is 2.55. The van der Waals surface area contributed by atoms with Gasteiger partial charge in [-0.15, -0.1) is 0 Å². The van der Waals surface area contributed by atoms with Crippen LogP contribution in [0.3, 0.4) is 0 Å². The summed E-state index contributed by atoms with van der Waals surface area (Å²) < 4.78 is 26.6. The number of amides is 2. The van der Waals surface area contributed by atoms with Gasteiger partial charge in [0.25, 0.3) is 5.92 Å². The molecule has 2 rings (SSSR count). The number of hydrogen-bond acceptors (Lipinski definition) is 2. The smallest absolute Gasteiger partial charge is 0.318 e. The number of aliphatic hydroxyl groups is 1. The minimum absolute atomic E-state index is 0.135. The van der Waals surface area contributed by atoms with E-state index in [1.54, 1.807) is 18.2 Å². The largest absolute Gasteiger partial charge is 0.394 e. The lowest BCUT2D eigenvalue weighted by Crippen LogP contribution is -2.44. The molecule has 1 aliphatic rings. The van der Waals surface area contributed by atoms with E-state index in [2.05, 4.69) is 5.32 Å². The van der Waals surface area contributed by atoms with Gasteiger partial charge in [-0.05, 0) is 17.7 Å². The third-order valence-electron chi connectivity index (χ3n) is 3.28. The van der Waals surface area contributed by atoms with Gasteiger partial charge in [0.05, 0.1) is 29.2 Å². The van der Waals surface area contributed by atoms with Crippen LogP contribution in [0.2, 0.25) is 10.0 Å². The Morgan fingerprint density at radius 3 is 2.76 bits per heavy atom. The third-order valence-corrected chi connectivity index (χ3v) is 4.02. The minimum Gasteiger partial charge on any atom is -0.394 e. The zero-order valence-electron chi connectivity index (χ0n) is 11.0. The Morgan fingerprint density at radius 1 is 1.43 bits per heavy atom. The molecule has 1 aromatic carbocycles. The molecule has 1 atom stereocenters. The molecule has 2 N–H and O–H groups in total. The lowest BCUT2D eigenvalue weighted by Gasteiger charge is -2.22. The summed E-state index contributed by atoms with van der Waals surface area (Å²) in [6, 6.07) is 3.35. The zero-order chi connectivity index (χ0) is 15.6. The van der Waals surface area contributed by atoms with Crippen molar-refractivity contribution in [2.45, 2.75) is 24.9 Å². The van der Waals surface area contributed by atoms with Gasteiger partial charge < -0.3 is 15.3 Å². The number of rotatable bonds is 3. The van der Waals surface area contributed by atoms with Crippen molar-refractivity contribution < 1.29 is 18.7 Å². The molecule has 0 saturated carbocycles. The molecular weight excluding hydrogens is 325 g/mol. The van der Waals surface area contributed by atoms with Crippen LogP contribution >= 0.6 is 23.2 Å². The molecule has 8 heteroatoms. The van der Waals surface area contributed by atoms with Crippen LogP contribution in [0.25, 0.3) is 0 Å². The normalized spacial score (nSPS) is 20.6. The Balaban J connectivity index is 1.96. The molecule has 21 heavy (non-hydrogen) atoms. The number of urea groups is 1. The number of nitrogens with zero attached hydrogens (tertiary/aromatic N) is 1. The van der Waals surface area contributed by atoms with Crippen LogP contribution in [0.1, 0.15) is 12.0 Å². The molecule has 4 nitrogen and oxygen atoms in total. The maximum atomic E-state index is 13.3. The summed E-state index contributed by atoms with van der Waals surface area (Å²) >= 11 is 11.6. The van der Waals surface area contributed by atoms with Gasteiger partial charge in [-0.1, -0.05) is 29.3 Å². The number of alkyl halides is 2. The van der Waals surface area contributed by atoms with Crippen molar-refractivity contribution in [1.29, 1.82) is 0 Å². The second kappa shape index (κ2) is 6.34. The first-order valence-corrected chi connectivity index (χ1v) is 7.05. The number of benzene rings is 1. The molecule has 0 spiro atoms. The summed E-state index contributed by atoms with van der Waals surface area (Å²) in [5, 5.41) is 12.4. The van der Waals surface area contributed by atoms with Crippen molar-refractivity contribution in [2.75, 3.05) is 13.2 Å². The van der Waals surface area contributed by atoms with Gasteiger partial charge in [0, 0.05) is 13.0 Å². The first kappa shape index (κ1) is 16.3. The Morgan fingerprint density at radius 2 is 2.14 bits per heavy atom. The van der Waals surface area contributed by atoms with Gasteiger partial charge in [-0.25, -0.2) is 13.6 Å². The predicted octanol–water partition coefficient (Wildman–Crippen LogP) is 2.90. The quantitative estimate of drug-likeness (QED) is 0.890. The average Bonchev–Trinajstić information content (AvgIpc) is 2.75. The van der Waals surface area contributed by atoms with Crippen molar-refractivity contribution in [3.05, 3.63) is 33.8 Å². The van der Waals surface area contributed by atoms with Crippen LogP contribution in [0.5, 0.6) is 0 Å². The van der Waals surface area contributed by atoms with Crippen molar-refractivity contribution in [3.8, 4) is 0 Å². The van der Waals surface area contributed by atoms with E-state index in [1.807, 2.05) is 0 Å². The number of hydrogen-bond donors (Lipinski definition) is 2. The fourth-order valence-electron chi connectivity index (χ4n) is 2.23. The van der Waals surface area contributed by atoms with Gasteiger partial charge in [0.15, 0.2) is 0 Å². The standard InChI is InChI=1S/C13H14Cl2F2N2O2/c14-10-2-1-8(3-11(10)15)5-18-12(21)19-7-13(16,17)4-9(19)6-20/h1-3,9,20H,4-7H2,(H,18,21). The Hall–Kier alpha value is -1.11. The summed E-state index contributed by atoms with van der Waals surface area (Å²) in [7, 11) is 0. The van der Waals surface area contributed by atoms with Crippen molar-refractivity contribution in [3.63, 3.8) is 0 Å². The molecular formula is C13H14Cl2F2N2O2. The molecule has 0 bridgehead atoms. The summed E-state index contributed by atoms with van der Waals surface area (Å²) in [6.45, 7) is -1.04. The molecule has 1 aromatic rings. The van der Waals surface area contributed by atoms with E-state index in [-0.39, 0.29) is 6.54 Å². The highest BCUT2D eigenvalue weighted by Gasteiger charge is 2.46. The molecule has 2 amide bonds. The van der Waals surface area contributed by atoms with Crippen molar-refractivity contribution in [2.24, 2.45) is 0 Å². The molecule has 116 valence electrons. The van der Waals surface area contributed by atoms with Gasteiger partial charge in [-0.2, -0.15) is 0 Å². The van der Waals surface area contributed by atoms with Gasteiger partial charge in [-0.3, -0.25) is 0 Å². The summed E-state index contributed by atoms with van der Waals surface area (Å²) in [5.41, 5.74) is 0.698. The van der Waals surface area contributed by atoms with Crippen LogP contribution in [0.4, 0.5) is 13.6 Å². The van der Waals surface area contributed by atoms with Crippen LogP contribution in [0, 0.1) is 0 Å². The first-order chi connectivity index (χ1) is 9.82. The van der Waals surface area contributed by atoms with Crippen LogP contribution in [-0.4, -0.2) is 41.2 Å². The van der Waals surface area contributed by atoms with Crippen molar-refractivity contribution >= 4 is 29.2 Å². The van der Waals surface area contributed by atoms with E-state index in [1.165, 1.54) is 0 Å². The molecule has 0 aliphatic carbocycles. The second-order valence-electron chi connectivity index (χ2n) is 4.93. The monoisotopic (exact) mass is 338 g/mol. The van der Waals surface area contributed by atoms with Gasteiger partial charge in [0.1, 0.15) is 0 Å².